The van der Waals surface area contributed by atoms with Crippen LogP contribution in [0.4, 0.5) is 0 Å². The Morgan fingerprint density at radius 1 is 1.23 bits per heavy atom. The fraction of sp³-hybridized carbons (Fsp3) is 0.619. The summed E-state index contributed by atoms with van der Waals surface area (Å²) in [6.45, 7) is 5.18. The third-order valence-electron chi connectivity index (χ3n) is 5.94. The number of amides is 1. The molecular formula is C21H29N5O4. The Kier molecular flexibility index (Phi) is 6.59. The van der Waals surface area contributed by atoms with Gasteiger partial charge in [0.2, 0.25) is 23.5 Å². The lowest BCUT2D eigenvalue weighted by Crippen LogP contribution is -2.46. The summed E-state index contributed by atoms with van der Waals surface area (Å²) >= 11 is 0. The highest BCUT2D eigenvalue weighted by molar-refractivity contribution is 5.73. The van der Waals surface area contributed by atoms with E-state index in [9.17, 15) is 4.79 Å². The number of carbonyl (C=O) groups is 1. The van der Waals surface area contributed by atoms with Crippen LogP contribution in [0.2, 0.25) is 0 Å². The topological polar surface area (TPSA) is 93.8 Å². The normalized spacial score (nSPS) is 20.6. The minimum absolute atomic E-state index is 0.120. The van der Waals surface area contributed by atoms with Gasteiger partial charge in [-0.15, -0.1) is 0 Å². The summed E-state index contributed by atoms with van der Waals surface area (Å²) in [6.07, 6.45) is 5.75. The molecule has 0 unspecified atom stereocenters. The van der Waals surface area contributed by atoms with Gasteiger partial charge in [-0.2, -0.15) is 4.98 Å². The molecule has 0 aliphatic carbocycles. The number of piperidine rings is 1. The molecular weight excluding hydrogens is 386 g/mol. The van der Waals surface area contributed by atoms with E-state index < -0.39 is 0 Å². The minimum Gasteiger partial charge on any atom is -0.475 e. The van der Waals surface area contributed by atoms with Crippen LogP contribution < -0.4 is 4.74 Å². The Bertz CT molecular complexity index is 849. The lowest BCUT2D eigenvalue weighted by Gasteiger charge is -2.38. The summed E-state index contributed by atoms with van der Waals surface area (Å²) in [7, 11) is 1.63. The van der Waals surface area contributed by atoms with Crippen molar-refractivity contribution in [2.45, 2.75) is 44.7 Å². The van der Waals surface area contributed by atoms with Crippen molar-refractivity contribution in [2.75, 3.05) is 40.0 Å². The number of rotatable bonds is 7. The van der Waals surface area contributed by atoms with Crippen molar-refractivity contribution in [3.8, 4) is 17.3 Å². The molecule has 9 heteroatoms. The summed E-state index contributed by atoms with van der Waals surface area (Å²) in [5.74, 6) is 1.77. The predicted octanol–water partition coefficient (Wildman–Crippen LogP) is 2.30. The number of carbonyl (C=O) groups excluding carboxylic acids is 1. The van der Waals surface area contributed by atoms with Crippen LogP contribution >= 0.6 is 0 Å². The number of ether oxygens (including phenoxy) is 2. The van der Waals surface area contributed by atoms with Crippen molar-refractivity contribution in [1.82, 2.24) is 24.9 Å². The molecule has 0 spiro atoms. The molecule has 4 heterocycles. The van der Waals surface area contributed by atoms with Crippen molar-refractivity contribution in [3.05, 3.63) is 24.2 Å². The van der Waals surface area contributed by atoms with E-state index in [1.54, 1.807) is 20.2 Å². The lowest BCUT2D eigenvalue weighted by molar-refractivity contribution is -0.130. The van der Waals surface area contributed by atoms with Crippen molar-refractivity contribution >= 4 is 5.91 Å². The van der Waals surface area contributed by atoms with Crippen LogP contribution in [0.25, 0.3) is 11.4 Å². The van der Waals surface area contributed by atoms with Crippen molar-refractivity contribution in [1.29, 1.82) is 0 Å². The number of methoxy groups -OCH3 is 1. The monoisotopic (exact) mass is 415 g/mol. The molecule has 2 aliphatic heterocycles. The van der Waals surface area contributed by atoms with Crippen molar-refractivity contribution in [3.63, 3.8) is 0 Å². The van der Waals surface area contributed by atoms with Crippen molar-refractivity contribution in [2.24, 2.45) is 0 Å². The third-order valence-corrected chi connectivity index (χ3v) is 5.94. The third kappa shape index (κ3) is 4.46. The summed E-state index contributed by atoms with van der Waals surface area (Å²) in [6, 6.07) is 4.27. The van der Waals surface area contributed by atoms with Crippen LogP contribution in [0.1, 0.15) is 44.5 Å². The number of pyridine rings is 1. The zero-order chi connectivity index (χ0) is 20.9. The molecule has 1 atom stereocenters. The van der Waals surface area contributed by atoms with E-state index in [0.717, 1.165) is 45.3 Å². The first-order valence-corrected chi connectivity index (χ1v) is 10.6. The smallest absolute Gasteiger partial charge is 0.244 e. The Balaban J connectivity index is 1.47. The zero-order valence-corrected chi connectivity index (χ0v) is 17.6. The molecule has 0 bridgehead atoms. The van der Waals surface area contributed by atoms with Crippen LogP contribution in [-0.4, -0.2) is 76.8 Å². The summed E-state index contributed by atoms with van der Waals surface area (Å²) in [4.78, 5) is 25.0. The second-order valence-corrected chi connectivity index (χ2v) is 7.79. The van der Waals surface area contributed by atoms with Crippen LogP contribution in [0.3, 0.4) is 0 Å². The number of nitrogens with zero attached hydrogens (tertiary/aromatic N) is 5. The van der Waals surface area contributed by atoms with E-state index >= 15 is 0 Å². The van der Waals surface area contributed by atoms with Crippen LogP contribution in [-0.2, 0) is 9.53 Å². The van der Waals surface area contributed by atoms with E-state index in [4.69, 9.17) is 19.0 Å². The Labute approximate surface area is 176 Å². The molecule has 2 aromatic heterocycles. The molecule has 2 aliphatic rings. The fourth-order valence-corrected chi connectivity index (χ4v) is 4.38. The molecule has 0 aromatic carbocycles. The molecule has 0 saturated carbocycles. The van der Waals surface area contributed by atoms with Gasteiger partial charge in [-0.05, 0) is 44.4 Å². The largest absolute Gasteiger partial charge is 0.475 e. The van der Waals surface area contributed by atoms with Gasteiger partial charge >= 0.3 is 0 Å². The number of hydrogen-bond donors (Lipinski definition) is 0. The number of likely N-dealkylation sites (tertiary alicyclic amines) is 2. The van der Waals surface area contributed by atoms with Gasteiger partial charge in [0.25, 0.3) is 0 Å². The van der Waals surface area contributed by atoms with Gasteiger partial charge in [-0.25, -0.2) is 4.98 Å². The molecule has 1 amide bonds. The standard InChI is InChI=1S/C21H29N5O4/c1-15(27)25-11-7-16(8-12-25)26-10-4-6-18(26)21-23-19(24-30-21)17-5-3-9-22-20(17)29-14-13-28-2/h3,5,9,16,18H,4,6-8,10-14H2,1-2H3/t18-/m0/s1. The van der Waals surface area contributed by atoms with Gasteiger partial charge < -0.3 is 18.9 Å². The van der Waals surface area contributed by atoms with Gasteiger partial charge in [-0.3, -0.25) is 9.69 Å². The second-order valence-electron chi connectivity index (χ2n) is 7.79. The highest BCUT2D eigenvalue weighted by Crippen LogP contribution is 2.36. The summed E-state index contributed by atoms with van der Waals surface area (Å²) in [5, 5.41) is 4.22. The van der Waals surface area contributed by atoms with E-state index in [1.165, 1.54) is 0 Å². The molecule has 9 nitrogen and oxygen atoms in total. The van der Waals surface area contributed by atoms with Gasteiger partial charge in [0.05, 0.1) is 18.2 Å². The zero-order valence-electron chi connectivity index (χ0n) is 17.6. The van der Waals surface area contributed by atoms with Crippen LogP contribution in [0.5, 0.6) is 5.88 Å². The van der Waals surface area contributed by atoms with E-state index in [-0.39, 0.29) is 11.9 Å². The maximum absolute atomic E-state index is 11.6. The lowest BCUT2D eigenvalue weighted by atomic mass is 10.0. The minimum atomic E-state index is 0.120. The number of hydrogen-bond acceptors (Lipinski definition) is 8. The molecule has 0 radical (unpaired) electrons. The Morgan fingerprint density at radius 3 is 2.83 bits per heavy atom. The van der Waals surface area contributed by atoms with E-state index in [2.05, 4.69) is 15.0 Å². The highest BCUT2D eigenvalue weighted by atomic mass is 16.5. The second kappa shape index (κ2) is 9.53. The molecule has 2 aromatic rings. The summed E-state index contributed by atoms with van der Waals surface area (Å²) < 4.78 is 16.4. The quantitative estimate of drug-likeness (QED) is 0.636. The first-order chi connectivity index (χ1) is 14.7. The van der Waals surface area contributed by atoms with Gasteiger partial charge in [0.15, 0.2) is 0 Å². The SMILES string of the molecule is COCCOc1ncccc1-c1noc([C@@H]2CCCN2C2CCN(C(C)=O)CC2)n1. The molecule has 162 valence electrons. The van der Waals surface area contributed by atoms with Gasteiger partial charge in [0, 0.05) is 39.4 Å². The maximum atomic E-state index is 11.6. The van der Waals surface area contributed by atoms with Gasteiger partial charge in [0.1, 0.15) is 6.61 Å². The summed E-state index contributed by atoms with van der Waals surface area (Å²) in [5.41, 5.74) is 0.711. The first-order valence-electron chi connectivity index (χ1n) is 10.6. The van der Waals surface area contributed by atoms with E-state index in [0.29, 0.717) is 42.4 Å². The van der Waals surface area contributed by atoms with E-state index in [1.807, 2.05) is 17.0 Å². The predicted molar refractivity (Wildman–Crippen MR) is 109 cm³/mol. The average Bonchev–Trinajstić information content (AvgIpc) is 3.44. The Hall–Kier alpha value is -2.52. The number of aromatic nitrogens is 3. The van der Waals surface area contributed by atoms with Crippen molar-refractivity contribution < 1.29 is 18.8 Å². The molecule has 2 fully saturated rings. The fourth-order valence-electron chi connectivity index (χ4n) is 4.38. The highest BCUT2D eigenvalue weighted by Gasteiger charge is 2.37. The van der Waals surface area contributed by atoms with Crippen LogP contribution in [0.15, 0.2) is 22.9 Å². The molecule has 0 N–H and O–H groups in total. The average molecular weight is 415 g/mol. The molecule has 2 saturated heterocycles. The molecule has 4 rings (SSSR count). The maximum Gasteiger partial charge on any atom is 0.244 e. The Morgan fingerprint density at radius 2 is 2.07 bits per heavy atom. The van der Waals surface area contributed by atoms with Gasteiger partial charge in [-0.1, -0.05) is 5.16 Å². The van der Waals surface area contributed by atoms with Crippen LogP contribution in [0, 0.1) is 0 Å². The first kappa shape index (κ1) is 20.7. The molecule has 30 heavy (non-hydrogen) atoms.